The first-order valence-corrected chi connectivity index (χ1v) is 10.1. The second-order valence-electron chi connectivity index (χ2n) is 7.64. The lowest BCUT2D eigenvalue weighted by molar-refractivity contribution is 0.0884. The number of rotatable bonds is 5. The van der Waals surface area contributed by atoms with Gasteiger partial charge < -0.3 is 14.6 Å². The van der Waals surface area contributed by atoms with Gasteiger partial charge >= 0.3 is 6.01 Å². The van der Waals surface area contributed by atoms with E-state index < -0.39 is 0 Å². The number of hydrogen-bond donors (Lipinski definition) is 1. The molecule has 1 saturated carbocycles. The van der Waals surface area contributed by atoms with Crippen LogP contribution in [-0.2, 0) is 0 Å². The maximum atomic E-state index is 12.6. The molecule has 0 aliphatic heterocycles. The molecular formula is C23H26N4O2. The first-order chi connectivity index (χ1) is 14.1. The molecule has 1 fully saturated rings. The van der Waals surface area contributed by atoms with Gasteiger partial charge in [-0.05, 0) is 82.0 Å². The predicted octanol–water partition coefficient (Wildman–Crippen LogP) is 4.00. The van der Waals surface area contributed by atoms with Crippen molar-refractivity contribution in [3.8, 4) is 11.7 Å². The summed E-state index contributed by atoms with van der Waals surface area (Å²) in [5.41, 5.74) is 3.55. The van der Waals surface area contributed by atoms with E-state index in [4.69, 9.17) is 4.74 Å². The van der Waals surface area contributed by atoms with Crippen LogP contribution in [0.25, 0.3) is 5.69 Å². The van der Waals surface area contributed by atoms with Crippen LogP contribution in [0.1, 0.15) is 47.4 Å². The average molecular weight is 390 g/mol. The van der Waals surface area contributed by atoms with E-state index >= 15 is 0 Å². The van der Waals surface area contributed by atoms with Crippen LogP contribution in [-0.4, -0.2) is 32.6 Å². The second kappa shape index (κ2) is 8.47. The lowest BCUT2D eigenvalue weighted by atomic mass is 9.92. The number of nitrogens with zero attached hydrogens (tertiary/aromatic N) is 3. The largest absolute Gasteiger partial charge is 0.460 e. The van der Waals surface area contributed by atoms with Gasteiger partial charge in [0.05, 0.1) is 0 Å². The Labute approximate surface area is 171 Å². The topological polar surface area (TPSA) is 69.0 Å². The van der Waals surface area contributed by atoms with Crippen LogP contribution in [0.5, 0.6) is 6.01 Å². The van der Waals surface area contributed by atoms with Crippen molar-refractivity contribution in [3.63, 3.8) is 0 Å². The highest BCUT2D eigenvalue weighted by Gasteiger charge is 2.24. The van der Waals surface area contributed by atoms with Crippen molar-refractivity contribution in [2.45, 2.75) is 51.7 Å². The maximum Gasteiger partial charge on any atom is 0.317 e. The Balaban J connectivity index is 1.28. The van der Waals surface area contributed by atoms with Crippen LogP contribution in [0.3, 0.4) is 0 Å². The normalized spacial score (nSPS) is 19.0. The average Bonchev–Trinajstić information content (AvgIpc) is 3.24. The molecule has 0 spiro atoms. The van der Waals surface area contributed by atoms with E-state index in [1.807, 2.05) is 73.3 Å². The summed E-state index contributed by atoms with van der Waals surface area (Å²) in [5, 5.41) is 3.16. The second-order valence-corrected chi connectivity index (χ2v) is 7.64. The summed E-state index contributed by atoms with van der Waals surface area (Å²) < 4.78 is 7.98. The van der Waals surface area contributed by atoms with E-state index in [0.29, 0.717) is 11.6 Å². The summed E-state index contributed by atoms with van der Waals surface area (Å²) in [7, 11) is 0. The fraction of sp³-hybridized carbons (Fsp3) is 0.348. The van der Waals surface area contributed by atoms with Crippen LogP contribution < -0.4 is 10.1 Å². The van der Waals surface area contributed by atoms with E-state index in [0.717, 1.165) is 42.8 Å². The lowest BCUT2D eigenvalue weighted by Gasteiger charge is -2.29. The summed E-state index contributed by atoms with van der Waals surface area (Å²) >= 11 is 0. The van der Waals surface area contributed by atoms with Gasteiger partial charge in [0.1, 0.15) is 6.10 Å². The smallest absolute Gasteiger partial charge is 0.317 e. The zero-order valence-electron chi connectivity index (χ0n) is 16.8. The number of benzene rings is 1. The standard InChI is InChI=1S/C23H26N4O2/c1-16-15-17(2)25-23(24-16)29-21-11-7-19(8-12-21)26-22(28)18-5-9-20(10-6-18)27-13-3-4-14-27/h3-6,9-10,13-15,19,21H,7-8,11-12H2,1-2H3,(H,26,28). The maximum absolute atomic E-state index is 12.6. The third-order valence-electron chi connectivity index (χ3n) is 5.28. The van der Waals surface area contributed by atoms with Crippen molar-refractivity contribution in [2.75, 3.05) is 0 Å². The van der Waals surface area contributed by atoms with Gasteiger partial charge in [-0.1, -0.05) is 0 Å². The monoisotopic (exact) mass is 390 g/mol. The van der Waals surface area contributed by atoms with E-state index in [-0.39, 0.29) is 18.1 Å². The molecule has 1 aliphatic carbocycles. The number of amides is 1. The number of hydrogen-bond acceptors (Lipinski definition) is 4. The Bertz CT molecular complexity index is 939. The third-order valence-corrected chi connectivity index (χ3v) is 5.28. The highest BCUT2D eigenvalue weighted by atomic mass is 16.5. The van der Waals surface area contributed by atoms with Gasteiger partial charge in [0.15, 0.2) is 0 Å². The quantitative estimate of drug-likeness (QED) is 0.715. The Morgan fingerprint density at radius 3 is 2.24 bits per heavy atom. The molecule has 0 unspecified atom stereocenters. The van der Waals surface area contributed by atoms with Gasteiger partial charge in [-0.15, -0.1) is 0 Å². The number of carbonyl (C=O) groups is 1. The Morgan fingerprint density at radius 1 is 1.00 bits per heavy atom. The zero-order chi connectivity index (χ0) is 20.2. The molecule has 0 saturated heterocycles. The summed E-state index contributed by atoms with van der Waals surface area (Å²) in [6.07, 6.45) is 7.62. The van der Waals surface area contributed by atoms with Crippen molar-refractivity contribution < 1.29 is 9.53 Å². The molecule has 1 aromatic carbocycles. The van der Waals surface area contributed by atoms with E-state index in [2.05, 4.69) is 15.3 Å². The van der Waals surface area contributed by atoms with Crippen LogP contribution >= 0.6 is 0 Å². The molecule has 2 aromatic heterocycles. The van der Waals surface area contributed by atoms with Crippen LogP contribution in [0, 0.1) is 13.8 Å². The molecule has 4 rings (SSSR count). The fourth-order valence-corrected chi connectivity index (χ4v) is 3.78. The Hall–Kier alpha value is -3.15. The molecule has 150 valence electrons. The first-order valence-electron chi connectivity index (χ1n) is 10.1. The zero-order valence-corrected chi connectivity index (χ0v) is 16.8. The molecule has 0 bridgehead atoms. The third kappa shape index (κ3) is 4.83. The minimum absolute atomic E-state index is 0.0222. The van der Waals surface area contributed by atoms with Crippen LogP contribution in [0.2, 0.25) is 0 Å². The van der Waals surface area contributed by atoms with Crippen molar-refractivity contribution >= 4 is 5.91 Å². The minimum atomic E-state index is -0.0222. The van der Waals surface area contributed by atoms with Gasteiger partial charge in [-0.3, -0.25) is 4.79 Å². The SMILES string of the molecule is Cc1cc(C)nc(OC2CCC(NC(=O)c3ccc(-n4cccc4)cc3)CC2)n1. The molecule has 0 radical (unpaired) electrons. The van der Waals surface area contributed by atoms with Gasteiger partial charge in [-0.2, -0.15) is 0 Å². The van der Waals surface area contributed by atoms with Crippen LogP contribution in [0.15, 0.2) is 54.9 Å². The minimum Gasteiger partial charge on any atom is -0.460 e. The van der Waals surface area contributed by atoms with E-state index in [1.165, 1.54) is 0 Å². The molecule has 0 atom stereocenters. The van der Waals surface area contributed by atoms with Crippen LogP contribution in [0.4, 0.5) is 0 Å². The van der Waals surface area contributed by atoms with Crippen molar-refractivity contribution in [2.24, 2.45) is 0 Å². The number of aromatic nitrogens is 3. The first kappa shape index (κ1) is 19.2. The highest BCUT2D eigenvalue weighted by molar-refractivity contribution is 5.94. The highest BCUT2D eigenvalue weighted by Crippen LogP contribution is 2.23. The van der Waals surface area contributed by atoms with E-state index in [1.54, 1.807) is 0 Å². The number of ether oxygens (including phenoxy) is 1. The summed E-state index contributed by atoms with van der Waals surface area (Å²) in [4.78, 5) is 21.3. The molecule has 1 N–H and O–H groups in total. The summed E-state index contributed by atoms with van der Waals surface area (Å²) in [6.45, 7) is 3.89. The molecule has 3 aromatic rings. The van der Waals surface area contributed by atoms with Gasteiger partial charge in [0.2, 0.25) is 0 Å². The molecule has 2 heterocycles. The molecule has 1 amide bonds. The molecular weight excluding hydrogens is 364 g/mol. The van der Waals surface area contributed by atoms with Gasteiger partial charge in [-0.25, -0.2) is 9.97 Å². The summed E-state index contributed by atoms with van der Waals surface area (Å²) in [5.74, 6) is -0.0222. The lowest BCUT2D eigenvalue weighted by Crippen LogP contribution is -2.39. The van der Waals surface area contributed by atoms with Crippen molar-refractivity contribution in [1.29, 1.82) is 0 Å². The Morgan fingerprint density at radius 2 is 1.62 bits per heavy atom. The van der Waals surface area contributed by atoms with Gasteiger partial charge in [0.25, 0.3) is 5.91 Å². The number of carbonyl (C=O) groups excluding carboxylic acids is 1. The number of aryl methyl sites for hydroxylation is 2. The summed E-state index contributed by atoms with van der Waals surface area (Å²) in [6, 6.07) is 14.2. The fourth-order valence-electron chi connectivity index (χ4n) is 3.78. The molecule has 6 nitrogen and oxygen atoms in total. The molecule has 6 heteroatoms. The van der Waals surface area contributed by atoms with E-state index in [9.17, 15) is 4.79 Å². The van der Waals surface area contributed by atoms with Crippen molar-refractivity contribution in [1.82, 2.24) is 19.9 Å². The molecule has 1 aliphatic rings. The molecule has 29 heavy (non-hydrogen) atoms. The Kier molecular flexibility index (Phi) is 5.60. The number of nitrogens with one attached hydrogen (secondary N) is 1. The van der Waals surface area contributed by atoms with Crippen molar-refractivity contribution in [3.05, 3.63) is 71.8 Å². The predicted molar refractivity (Wildman–Crippen MR) is 111 cm³/mol. The van der Waals surface area contributed by atoms with Gasteiger partial charge in [0, 0.05) is 41.1 Å².